The Bertz CT molecular complexity index is 923. The highest BCUT2D eigenvalue weighted by molar-refractivity contribution is 7.92. The molecule has 138 valence electrons. The molecule has 0 aliphatic rings. The van der Waals surface area contributed by atoms with E-state index in [2.05, 4.69) is 9.46 Å². The van der Waals surface area contributed by atoms with Crippen LogP contribution in [-0.4, -0.2) is 21.5 Å². The van der Waals surface area contributed by atoms with E-state index >= 15 is 0 Å². The Morgan fingerprint density at radius 1 is 1.12 bits per heavy atom. The van der Waals surface area contributed by atoms with Crippen molar-refractivity contribution in [1.29, 1.82) is 0 Å². The van der Waals surface area contributed by atoms with Gasteiger partial charge in [-0.2, -0.15) is 13.2 Å². The van der Waals surface area contributed by atoms with Crippen LogP contribution in [0.15, 0.2) is 59.5 Å². The molecule has 2 rings (SSSR count). The van der Waals surface area contributed by atoms with Gasteiger partial charge in [0.2, 0.25) is 0 Å². The van der Waals surface area contributed by atoms with Crippen molar-refractivity contribution in [3.05, 3.63) is 65.7 Å². The molecule has 0 amide bonds. The van der Waals surface area contributed by atoms with Gasteiger partial charge in [-0.05, 0) is 35.9 Å². The van der Waals surface area contributed by atoms with Crippen molar-refractivity contribution < 1.29 is 31.1 Å². The monoisotopic (exact) mass is 385 g/mol. The van der Waals surface area contributed by atoms with Gasteiger partial charge in [0.1, 0.15) is 0 Å². The lowest BCUT2D eigenvalue weighted by Crippen LogP contribution is -2.15. The number of carbonyl (C=O) groups is 1. The Kier molecular flexibility index (Phi) is 5.71. The lowest BCUT2D eigenvalue weighted by atomic mass is 10.1. The second kappa shape index (κ2) is 7.61. The van der Waals surface area contributed by atoms with Crippen LogP contribution in [0.25, 0.3) is 6.08 Å². The zero-order valence-corrected chi connectivity index (χ0v) is 14.3. The first-order chi connectivity index (χ1) is 12.1. The number of alkyl halides is 3. The summed E-state index contributed by atoms with van der Waals surface area (Å²) < 4.78 is 70.2. The van der Waals surface area contributed by atoms with E-state index in [0.717, 1.165) is 31.4 Å². The average Bonchev–Trinajstić information content (AvgIpc) is 2.60. The number of carbonyl (C=O) groups excluding carboxylic acids is 1. The molecule has 0 radical (unpaired) electrons. The summed E-state index contributed by atoms with van der Waals surface area (Å²) in [6, 6.07) is 9.70. The molecule has 0 saturated carbocycles. The van der Waals surface area contributed by atoms with E-state index < -0.39 is 27.7 Å². The molecule has 0 bridgehead atoms. The third-order valence-corrected chi connectivity index (χ3v) is 4.66. The van der Waals surface area contributed by atoms with Crippen LogP contribution in [0.5, 0.6) is 0 Å². The molecule has 0 unspecified atom stereocenters. The second-order valence-electron chi connectivity index (χ2n) is 5.07. The van der Waals surface area contributed by atoms with Gasteiger partial charge < -0.3 is 4.74 Å². The van der Waals surface area contributed by atoms with Crippen molar-refractivity contribution in [2.24, 2.45) is 0 Å². The zero-order chi connectivity index (χ0) is 19.4. The largest absolute Gasteiger partial charge is 0.466 e. The van der Waals surface area contributed by atoms with E-state index in [-0.39, 0.29) is 16.1 Å². The standard InChI is InChI=1S/C17H14F3NO4S/c1-25-16(22)10-8-12-7-9-13(17(18,19)20)11-15(12)21-26(23,24)14-5-3-2-4-6-14/h2-11,21H,1H3. The Balaban J connectivity index is 2.49. The van der Waals surface area contributed by atoms with Gasteiger partial charge in [0, 0.05) is 6.08 Å². The topological polar surface area (TPSA) is 72.5 Å². The first-order valence-electron chi connectivity index (χ1n) is 7.18. The molecule has 5 nitrogen and oxygen atoms in total. The highest BCUT2D eigenvalue weighted by Gasteiger charge is 2.31. The van der Waals surface area contributed by atoms with E-state index in [4.69, 9.17) is 0 Å². The van der Waals surface area contributed by atoms with Crippen LogP contribution in [0.4, 0.5) is 18.9 Å². The van der Waals surface area contributed by atoms with E-state index in [9.17, 15) is 26.4 Å². The number of benzene rings is 2. The number of anilines is 1. The summed E-state index contributed by atoms with van der Waals surface area (Å²) in [6.07, 6.45) is -2.52. The number of methoxy groups -OCH3 is 1. The molecule has 2 aromatic rings. The highest BCUT2D eigenvalue weighted by atomic mass is 32.2. The Morgan fingerprint density at radius 2 is 1.77 bits per heavy atom. The van der Waals surface area contributed by atoms with Gasteiger partial charge in [0.15, 0.2) is 0 Å². The van der Waals surface area contributed by atoms with Crippen molar-refractivity contribution in [3.63, 3.8) is 0 Å². The maximum Gasteiger partial charge on any atom is 0.416 e. The fourth-order valence-corrected chi connectivity index (χ4v) is 3.10. The summed E-state index contributed by atoms with van der Waals surface area (Å²) in [5.41, 5.74) is -1.27. The molecular formula is C17H14F3NO4S. The molecule has 9 heteroatoms. The smallest absolute Gasteiger partial charge is 0.416 e. The van der Waals surface area contributed by atoms with Crippen molar-refractivity contribution >= 4 is 27.8 Å². The van der Waals surface area contributed by atoms with E-state index in [1.54, 1.807) is 6.07 Å². The Labute approximate surface area is 148 Å². The second-order valence-corrected chi connectivity index (χ2v) is 6.76. The van der Waals surface area contributed by atoms with Gasteiger partial charge in [-0.1, -0.05) is 24.3 Å². The van der Waals surface area contributed by atoms with Gasteiger partial charge in [0.25, 0.3) is 10.0 Å². The van der Waals surface area contributed by atoms with Crippen LogP contribution >= 0.6 is 0 Å². The normalized spacial score (nSPS) is 12.2. The predicted octanol–water partition coefficient (Wildman–Crippen LogP) is 3.69. The number of hydrogen-bond donors (Lipinski definition) is 1. The van der Waals surface area contributed by atoms with E-state index in [1.165, 1.54) is 24.3 Å². The lowest BCUT2D eigenvalue weighted by Gasteiger charge is -2.14. The number of rotatable bonds is 5. The van der Waals surface area contributed by atoms with Crippen LogP contribution < -0.4 is 4.72 Å². The molecule has 26 heavy (non-hydrogen) atoms. The van der Waals surface area contributed by atoms with Gasteiger partial charge in [0.05, 0.1) is 23.3 Å². The van der Waals surface area contributed by atoms with Crippen LogP contribution in [-0.2, 0) is 25.7 Å². The summed E-state index contributed by atoms with van der Waals surface area (Å²) >= 11 is 0. The predicted molar refractivity (Wildman–Crippen MR) is 89.7 cm³/mol. The SMILES string of the molecule is COC(=O)C=Cc1ccc(C(F)(F)F)cc1NS(=O)(=O)c1ccccc1. The number of ether oxygens (including phenoxy) is 1. The van der Waals surface area contributed by atoms with Crippen LogP contribution in [0.2, 0.25) is 0 Å². The zero-order valence-electron chi connectivity index (χ0n) is 13.4. The molecule has 0 heterocycles. The number of halogens is 3. The molecule has 0 saturated heterocycles. The minimum atomic E-state index is -4.66. The minimum absolute atomic E-state index is 0.0721. The molecule has 1 N–H and O–H groups in total. The van der Waals surface area contributed by atoms with Crippen molar-refractivity contribution in [2.45, 2.75) is 11.1 Å². The molecule has 0 aliphatic carbocycles. The summed E-state index contributed by atoms with van der Waals surface area (Å²) in [6.45, 7) is 0. The van der Waals surface area contributed by atoms with E-state index in [1.807, 2.05) is 0 Å². The van der Waals surface area contributed by atoms with Crippen LogP contribution in [0.3, 0.4) is 0 Å². The molecular weight excluding hydrogens is 371 g/mol. The van der Waals surface area contributed by atoms with Crippen molar-refractivity contribution in [2.75, 3.05) is 11.8 Å². The molecule has 0 aromatic heterocycles. The molecule has 0 spiro atoms. The Hall–Kier alpha value is -2.81. The number of sulfonamides is 1. The molecule has 0 fully saturated rings. The fraction of sp³-hybridized carbons (Fsp3) is 0.118. The Morgan fingerprint density at radius 3 is 2.35 bits per heavy atom. The molecule has 0 atom stereocenters. The molecule has 2 aromatic carbocycles. The summed E-state index contributed by atoms with van der Waals surface area (Å²) in [7, 11) is -2.97. The highest BCUT2D eigenvalue weighted by Crippen LogP contribution is 2.33. The van der Waals surface area contributed by atoms with Crippen LogP contribution in [0, 0.1) is 0 Å². The van der Waals surface area contributed by atoms with Crippen molar-refractivity contribution in [3.8, 4) is 0 Å². The first-order valence-corrected chi connectivity index (χ1v) is 8.67. The van der Waals surface area contributed by atoms with Gasteiger partial charge >= 0.3 is 12.1 Å². The quantitative estimate of drug-likeness (QED) is 0.629. The van der Waals surface area contributed by atoms with Gasteiger partial charge in [-0.25, -0.2) is 13.2 Å². The fourth-order valence-electron chi connectivity index (χ4n) is 2.00. The maximum absolute atomic E-state index is 13.0. The maximum atomic E-state index is 13.0. The number of nitrogens with one attached hydrogen (secondary N) is 1. The number of hydrogen-bond acceptors (Lipinski definition) is 4. The summed E-state index contributed by atoms with van der Waals surface area (Å²) in [4.78, 5) is 11.1. The van der Waals surface area contributed by atoms with E-state index in [0.29, 0.717) is 6.07 Å². The lowest BCUT2D eigenvalue weighted by molar-refractivity contribution is -0.137. The van der Waals surface area contributed by atoms with Crippen LogP contribution in [0.1, 0.15) is 11.1 Å². The molecule has 0 aliphatic heterocycles. The number of esters is 1. The summed E-state index contributed by atoms with van der Waals surface area (Å²) in [5, 5.41) is 0. The third kappa shape index (κ3) is 4.85. The third-order valence-electron chi connectivity index (χ3n) is 3.28. The summed E-state index contributed by atoms with van der Waals surface area (Å²) in [5.74, 6) is -0.734. The first kappa shape index (κ1) is 19.5. The minimum Gasteiger partial charge on any atom is -0.466 e. The average molecular weight is 385 g/mol. The van der Waals surface area contributed by atoms with Gasteiger partial charge in [-0.3, -0.25) is 4.72 Å². The van der Waals surface area contributed by atoms with Gasteiger partial charge in [-0.15, -0.1) is 0 Å². The van der Waals surface area contributed by atoms with Crippen molar-refractivity contribution in [1.82, 2.24) is 0 Å².